The van der Waals surface area contributed by atoms with Gasteiger partial charge in [-0.3, -0.25) is 9.59 Å². The monoisotopic (exact) mass is 257 g/mol. The number of methoxy groups -OCH3 is 1. The highest BCUT2D eigenvalue weighted by Crippen LogP contribution is 2.29. The number of carbonyl (C=O) groups is 2. The lowest BCUT2D eigenvalue weighted by Crippen LogP contribution is -2.07. The van der Waals surface area contributed by atoms with Crippen LogP contribution in [0.3, 0.4) is 0 Å². The summed E-state index contributed by atoms with van der Waals surface area (Å²) in [4.78, 5) is 22.8. The number of Topliss-reactive ketones (excluding diaryl/α,β-unsaturated/α-hetero) is 1. The van der Waals surface area contributed by atoms with Crippen molar-refractivity contribution >= 4 is 28.2 Å². The Hall–Kier alpha value is -2.36. The summed E-state index contributed by atoms with van der Waals surface area (Å²) in [5.41, 5.74) is 1.19. The first-order valence-corrected chi connectivity index (χ1v) is 5.91. The second-order valence-electron chi connectivity index (χ2n) is 4.35. The summed E-state index contributed by atoms with van der Waals surface area (Å²) in [6.45, 7) is 2.94. The highest BCUT2D eigenvalue weighted by atomic mass is 16.5. The van der Waals surface area contributed by atoms with Gasteiger partial charge in [0.15, 0.2) is 5.78 Å². The number of rotatable bonds is 3. The second kappa shape index (κ2) is 5.10. The Morgan fingerprint density at radius 3 is 2.42 bits per heavy atom. The predicted molar refractivity (Wildman–Crippen MR) is 74.8 cm³/mol. The van der Waals surface area contributed by atoms with Gasteiger partial charge in [-0.05, 0) is 36.6 Å². The molecule has 0 atom stereocenters. The molecule has 2 rings (SSSR count). The molecule has 0 aliphatic rings. The van der Waals surface area contributed by atoms with Gasteiger partial charge in [-0.1, -0.05) is 6.07 Å². The molecule has 0 saturated heterocycles. The first kappa shape index (κ1) is 13.1. The van der Waals surface area contributed by atoms with E-state index >= 15 is 0 Å². The molecule has 0 saturated carbocycles. The van der Waals surface area contributed by atoms with Gasteiger partial charge in [0.2, 0.25) is 5.91 Å². The molecule has 4 heteroatoms. The van der Waals surface area contributed by atoms with Crippen LogP contribution in [0, 0.1) is 0 Å². The zero-order valence-electron chi connectivity index (χ0n) is 11.1. The first-order valence-electron chi connectivity index (χ1n) is 5.91. The summed E-state index contributed by atoms with van der Waals surface area (Å²) >= 11 is 0. The van der Waals surface area contributed by atoms with Gasteiger partial charge < -0.3 is 10.1 Å². The van der Waals surface area contributed by atoms with Crippen LogP contribution in [0.2, 0.25) is 0 Å². The molecule has 0 fully saturated rings. The average molecular weight is 257 g/mol. The smallest absolute Gasteiger partial charge is 0.221 e. The van der Waals surface area contributed by atoms with E-state index in [1.807, 2.05) is 24.3 Å². The fraction of sp³-hybridized carbons (Fsp3) is 0.200. The summed E-state index contributed by atoms with van der Waals surface area (Å²) in [6, 6.07) is 9.02. The van der Waals surface area contributed by atoms with E-state index in [0.717, 1.165) is 10.8 Å². The molecule has 19 heavy (non-hydrogen) atoms. The number of ketones is 1. The number of amides is 1. The normalized spacial score (nSPS) is 10.3. The van der Waals surface area contributed by atoms with Crippen LogP contribution >= 0.6 is 0 Å². The molecule has 0 aliphatic heterocycles. The Morgan fingerprint density at radius 2 is 1.84 bits per heavy atom. The maximum atomic E-state index is 11.5. The van der Waals surface area contributed by atoms with Crippen LogP contribution in [-0.4, -0.2) is 18.8 Å². The Labute approximate surface area is 111 Å². The highest BCUT2D eigenvalue weighted by molar-refractivity contribution is 6.07. The van der Waals surface area contributed by atoms with Crippen molar-refractivity contribution in [3.05, 3.63) is 35.9 Å². The Bertz CT molecular complexity index is 662. The van der Waals surface area contributed by atoms with Crippen LogP contribution in [0.5, 0.6) is 5.75 Å². The second-order valence-corrected chi connectivity index (χ2v) is 4.35. The third-order valence-corrected chi connectivity index (χ3v) is 2.88. The van der Waals surface area contributed by atoms with E-state index in [-0.39, 0.29) is 11.7 Å². The minimum Gasteiger partial charge on any atom is -0.497 e. The van der Waals surface area contributed by atoms with Crippen LogP contribution in [0.25, 0.3) is 10.8 Å². The van der Waals surface area contributed by atoms with Crippen molar-refractivity contribution < 1.29 is 14.3 Å². The van der Waals surface area contributed by atoms with E-state index in [0.29, 0.717) is 17.0 Å². The van der Waals surface area contributed by atoms with E-state index in [1.54, 1.807) is 13.2 Å². The number of carbonyl (C=O) groups excluding carboxylic acids is 2. The topological polar surface area (TPSA) is 55.4 Å². The van der Waals surface area contributed by atoms with Crippen molar-refractivity contribution in [3.63, 3.8) is 0 Å². The number of anilines is 1. The summed E-state index contributed by atoms with van der Waals surface area (Å²) in [5, 5.41) is 4.48. The Balaban J connectivity index is 2.70. The van der Waals surface area contributed by atoms with Gasteiger partial charge in [-0.25, -0.2) is 0 Å². The minimum atomic E-state index is -0.176. The predicted octanol–water partition coefficient (Wildman–Crippen LogP) is 3.01. The van der Waals surface area contributed by atoms with Crippen molar-refractivity contribution in [1.29, 1.82) is 0 Å². The molecule has 1 N–H and O–H groups in total. The van der Waals surface area contributed by atoms with Crippen LogP contribution in [0.15, 0.2) is 30.3 Å². The molecule has 0 heterocycles. The van der Waals surface area contributed by atoms with Crippen LogP contribution in [-0.2, 0) is 4.79 Å². The average Bonchev–Trinajstić information content (AvgIpc) is 2.37. The fourth-order valence-electron chi connectivity index (χ4n) is 1.96. The standard InChI is InChI=1S/C15H15NO3/c1-9(17)12-6-11-4-5-13(19-3)8-14(11)15(7-12)16-10(2)18/h4-8H,1-3H3,(H,16,18). The number of benzene rings is 2. The van der Waals surface area contributed by atoms with Gasteiger partial charge in [-0.15, -0.1) is 0 Å². The SMILES string of the molecule is COc1ccc2cc(C(C)=O)cc(NC(C)=O)c2c1. The zero-order chi connectivity index (χ0) is 14.0. The molecule has 0 radical (unpaired) electrons. The summed E-state index contributed by atoms with van der Waals surface area (Å²) in [6.07, 6.45) is 0. The molecule has 0 unspecified atom stereocenters. The van der Waals surface area contributed by atoms with Gasteiger partial charge in [0.1, 0.15) is 5.75 Å². The van der Waals surface area contributed by atoms with Crippen molar-refractivity contribution in [2.45, 2.75) is 13.8 Å². The maximum Gasteiger partial charge on any atom is 0.221 e. The molecule has 0 spiro atoms. The molecular weight excluding hydrogens is 242 g/mol. The molecule has 0 bridgehead atoms. The lowest BCUT2D eigenvalue weighted by Gasteiger charge is -2.10. The van der Waals surface area contributed by atoms with Crippen molar-refractivity contribution in [2.75, 3.05) is 12.4 Å². The highest BCUT2D eigenvalue weighted by Gasteiger charge is 2.09. The Kier molecular flexibility index (Phi) is 3.51. The van der Waals surface area contributed by atoms with Gasteiger partial charge in [0, 0.05) is 23.6 Å². The number of fused-ring (bicyclic) bond motifs is 1. The molecular formula is C15H15NO3. The molecule has 0 aromatic heterocycles. The van der Waals surface area contributed by atoms with E-state index in [2.05, 4.69) is 5.32 Å². The lowest BCUT2D eigenvalue weighted by molar-refractivity contribution is -0.114. The number of hydrogen-bond acceptors (Lipinski definition) is 3. The molecule has 1 amide bonds. The van der Waals surface area contributed by atoms with E-state index < -0.39 is 0 Å². The maximum absolute atomic E-state index is 11.5. The molecule has 0 aliphatic carbocycles. The summed E-state index contributed by atoms with van der Waals surface area (Å²) in [7, 11) is 1.59. The van der Waals surface area contributed by atoms with Crippen LogP contribution in [0.1, 0.15) is 24.2 Å². The van der Waals surface area contributed by atoms with E-state index in [4.69, 9.17) is 4.74 Å². The zero-order valence-corrected chi connectivity index (χ0v) is 11.1. The first-order chi connectivity index (χ1) is 9.01. The largest absolute Gasteiger partial charge is 0.497 e. The van der Waals surface area contributed by atoms with Crippen molar-refractivity contribution in [2.24, 2.45) is 0 Å². The molecule has 2 aromatic rings. The van der Waals surface area contributed by atoms with Crippen molar-refractivity contribution in [1.82, 2.24) is 0 Å². The van der Waals surface area contributed by atoms with E-state index in [1.165, 1.54) is 13.8 Å². The van der Waals surface area contributed by atoms with Gasteiger partial charge in [0.05, 0.1) is 7.11 Å². The minimum absolute atomic E-state index is 0.0377. The molecule has 2 aromatic carbocycles. The number of nitrogens with one attached hydrogen (secondary N) is 1. The number of hydrogen-bond donors (Lipinski definition) is 1. The van der Waals surface area contributed by atoms with Gasteiger partial charge >= 0.3 is 0 Å². The Morgan fingerprint density at radius 1 is 1.11 bits per heavy atom. The molecule has 98 valence electrons. The summed E-state index contributed by atoms with van der Waals surface area (Å²) in [5.74, 6) is 0.490. The fourth-order valence-corrected chi connectivity index (χ4v) is 1.96. The van der Waals surface area contributed by atoms with Crippen molar-refractivity contribution in [3.8, 4) is 5.75 Å². The lowest BCUT2D eigenvalue weighted by atomic mass is 10.0. The van der Waals surface area contributed by atoms with Gasteiger partial charge in [0.25, 0.3) is 0 Å². The number of ether oxygens (including phenoxy) is 1. The van der Waals surface area contributed by atoms with Crippen LogP contribution < -0.4 is 10.1 Å². The molecule has 4 nitrogen and oxygen atoms in total. The third kappa shape index (κ3) is 2.73. The van der Waals surface area contributed by atoms with Crippen LogP contribution in [0.4, 0.5) is 5.69 Å². The van der Waals surface area contributed by atoms with E-state index in [9.17, 15) is 9.59 Å². The quantitative estimate of drug-likeness (QED) is 0.860. The third-order valence-electron chi connectivity index (χ3n) is 2.88. The summed E-state index contributed by atoms with van der Waals surface area (Å²) < 4.78 is 5.18. The van der Waals surface area contributed by atoms with Gasteiger partial charge in [-0.2, -0.15) is 0 Å².